The topological polar surface area (TPSA) is 29.4 Å². The van der Waals surface area contributed by atoms with Gasteiger partial charge in [0, 0.05) is 5.02 Å². The lowest BCUT2D eigenvalue weighted by molar-refractivity contribution is 1.06. The van der Waals surface area contributed by atoms with E-state index in [1.165, 1.54) is 0 Å². The Labute approximate surface area is 98.9 Å². The normalized spacial score (nSPS) is 10.1. The summed E-state index contributed by atoms with van der Waals surface area (Å²) in [4.78, 5) is 10.2. The maximum absolute atomic E-state index is 10.2. The molecule has 0 aliphatic heterocycles. The highest BCUT2D eigenvalue weighted by atomic mass is 35.5. The van der Waals surface area contributed by atoms with Gasteiger partial charge in [-0.05, 0) is 34.9 Å². The van der Waals surface area contributed by atoms with Crippen molar-refractivity contribution in [2.45, 2.75) is 6.54 Å². The molecule has 2 aromatic carbocycles. The molecule has 0 bridgehead atoms. The van der Waals surface area contributed by atoms with Gasteiger partial charge in [0.15, 0.2) is 0 Å². The predicted octanol–water partition coefficient (Wildman–Crippen LogP) is 4.27. The average Bonchev–Trinajstić information content (AvgIpc) is 2.30. The fourth-order valence-electron chi connectivity index (χ4n) is 1.59. The van der Waals surface area contributed by atoms with Crippen LogP contribution in [-0.2, 0) is 6.54 Å². The van der Waals surface area contributed by atoms with Gasteiger partial charge in [-0.1, -0.05) is 47.1 Å². The van der Waals surface area contributed by atoms with Crippen molar-refractivity contribution in [2.24, 2.45) is 5.18 Å². The third kappa shape index (κ3) is 2.47. The van der Waals surface area contributed by atoms with E-state index in [4.69, 9.17) is 11.6 Å². The van der Waals surface area contributed by atoms with Crippen LogP contribution in [0.25, 0.3) is 11.1 Å². The van der Waals surface area contributed by atoms with E-state index in [1.807, 2.05) is 48.5 Å². The van der Waals surface area contributed by atoms with Crippen LogP contribution in [0.5, 0.6) is 0 Å². The summed E-state index contributed by atoms with van der Waals surface area (Å²) < 4.78 is 0. The van der Waals surface area contributed by atoms with Gasteiger partial charge in [-0.25, -0.2) is 0 Å². The summed E-state index contributed by atoms with van der Waals surface area (Å²) in [5.41, 5.74) is 3.00. The van der Waals surface area contributed by atoms with Crippen LogP contribution in [0.4, 0.5) is 0 Å². The Bertz CT molecular complexity index is 511. The molecule has 0 fully saturated rings. The van der Waals surface area contributed by atoms with Crippen LogP contribution >= 0.6 is 11.6 Å². The summed E-state index contributed by atoms with van der Waals surface area (Å²) in [7, 11) is 0. The Balaban J connectivity index is 2.40. The van der Waals surface area contributed by atoms with Gasteiger partial charge in [-0.3, -0.25) is 0 Å². The number of nitroso groups, excluding NO2 is 1. The summed E-state index contributed by atoms with van der Waals surface area (Å²) in [5.74, 6) is 0. The van der Waals surface area contributed by atoms with Crippen molar-refractivity contribution in [3.8, 4) is 11.1 Å². The number of hydrogen-bond donors (Lipinski definition) is 0. The SMILES string of the molecule is O=NCc1cccc(-c2cccc(Cl)c2)c1. The lowest BCUT2D eigenvalue weighted by Gasteiger charge is -2.03. The van der Waals surface area contributed by atoms with Crippen LogP contribution in [0.15, 0.2) is 53.7 Å². The van der Waals surface area contributed by atoms with Gasteiger partial charge in [0.25, 0.3) is 0 Å². The summed E-state index contributed by atoms with van der Waals surface area (Å²) >= 11 is 5.93. The largest absolute Gasteiger partial charge is 0.150 e. The molecule has 0 amide bonds. The zero-order valence-electron chi connectivity index (χ0n) is 8.56. The van der Waals surface area contributed by atoms with E-state index in [-0.39, 0.29) is 6.54 Å². The number of benzene rings is 2. The smallest absolute Gasteiger partial charge is 0.106 e. The van der Waals surface area contributed by atoms with Crippen LogP contribution in [-0.4, -0.2) is 0 Å². The fraction of sp³-hybridized carbons (Fsp3) is 0.0769. The summed E-state index contributed by atoms with van der Waals surface area (Å²) in [5, 5.41) is 3.59. The van der Waals surface area contributed by atoms with Gasteiger partial charge in [-0.15, -0.1) is 0 Å². The molecule has 0 atom stereocenters. The second-order valence-electron chi connectivity index (χ2n) is 3.50. The van der Waals surface area contributed by atoms with Crippen molar-refractivity contribution < 1.29 is 0 Å². The van der Waals surface area contributed by atoms with E-state index in [0.717, 1.165) is 16.7 Å². The minimum absolute atomic E-state index is 0.203. The van der Waals surface area contributed by atoms with Gasteiger partial charge < -0.3 is 0 Å². The number of nitrogens with zero attached hydrogens (tertiary/aromatic N) is 1. The van der Waals surface area contributed by atoms with E-state index in [9.17, 15) is 4.91 Å². The minimum Gasteiger partial charge on any atom is -0.150 e. The zero-order chi connectivity index (χ0) is 11.4. The quantitative estimate of drug-likeness (QED) is 0.726. The Morgan fingerprint density at radius 3 is 2.38 bits per heavy atom. The molecule has 0 heterocycles. The molecule has 2 aromatic rings. The molecule has 0 spiro atoms. The second-order valence-corrected chi connectivity index (χ2v) is 3.93. The molecular weight excluding hydrogens is 222 g/mol. The first-order valence-corrected chi connectivity index (χ1v) is 5.31. The zero-order valence-corrected chi connectivity index (χ0v) is 9.32. The van der Waals surface area contributed by atoms with Crippen molar-refractivity contribution >= 4 is 11.6 Å². The molecule has 2 rings (SSSR count). The molecule has 0 unspecified atom stereocenters. The summed E-state index contributed by atoms with van der Waals surface area (Å²) in [6.45, 7) is 0.203. The van der Waals surface area contributed by atoms with Crippen LogP contribution in [0.2, 0.25) is 5.02 Å². The Morgan fingerprint density at radius 1 is 1.00 bits per heavy atom. The van der Waals surface area contributed by atoms with Crippen molar-refractivity contribution in [3.05, 3.63) is 64.0 Å². The maximum Gasteiger partial charge on any atom is 0.106 e. The highest BCUT2D eigenvalue weighted by molar-refractivity contribution is 6.30. The van der Waals surface area contributed by atoms with Gasteiger partial charge in [0.05, 0.1) is 0 Å². The monoisotopic (exact) mass is 231 g/mol. The molecule has 0 aliphatic carbocycles. The van der Waals surface area contributed by atoms with Crippen molar-refractivity contribution in [2.75, 3.05) is 0 Å². The number of halogens is 1. The van der Waals surface area contributed by atoms with E-state index in [1.54, 1.807) is 0 Å². The van der Waals surface area contributed by atoms with Crippen LogP contribution in [0, 0.1) is 4.91 Å². The molecule has 0 N–H and O–H groups in total. The number of rotatable bonds is 3. The lowest BCUT2D eigenvalue weighted by Crippen LogP contribution is -1.83. The van der Waals surface area contributed by atoms with Crippen molar-refractivity contribution in [1.29, 1.82) is 0 Å². The molecule has 0 saturated carbocycles. The third-order valence-corrected chi connectivity index (χ3v) is 2.57. The van der Waals surface area contributed by atoms with Crippen LogP contribution in [0.3, 0.4) is 0 Å². The van der Waals surface area contributed by atoms with E-state index in [2.05, 4.69) is 5.18 Å². The van der Waals surface area contributed by atoms with E-state index in [0.29, 0.717) is 5.02 Å². The molecule has 80 valence electrons. The van der Waals surface area contributed by atoms with E-state index < -0.39 is 0 Å². The molecule has 0 aliphatic rings. The summed E-state index contributed by atoms with van der Waals surface area (Å²) in [6, 6.07) is 15.4. The first-order chi connectivity index (χ1) is 7.79. The highest BCUT2D eigenvalue weighted by Crippen LogP contribution is 2.23. The van der Waals surface area contributed by atoms with E-state index >= 15 is 0 Å². The Kier molecular flexibility index (Phi) is 3.32. The first kappa shape index (κ1) is 10.8. The summed E-state index contributed by atoms with van der Waals surface area (Å²) in [6.07, 6.45) is 0. The Hall–Kier alpha value is -1.67. The standard InChI is InChI=1S/C13H10ClNO/c14-13-6-2-5-12(8-13)11-4-1-3-10(7-11)9-15-16/h1-8H,9H2. The molecular formula is C13H10ClNO. The third-order valence-electron chi connectivity index (χ3n) is 2.33. The lowest BCUT2D eigenvalue weighted by atomic mass is 10.0. The molecule has 0 saturated heterocycles. The predicted molar refractivity (Wildman–Crippen MR) is 66.4 cm³/mol. The van der Waals surface area contributed by atoms with Gasteiger partial charge >= 0.3 is 0 Å². The molecule has 2 nitrogen and oxygen atoms in total. The fourth-order valence-corrected chi connectivity index (χ4v) is 1.78. The molecule has 0 radical (unpaired) electrons. The Morgan fingerprint density at radius 2 is 1.69 bits per heavy atom. The highest BCUT2D eigenvalue weighted by Gasteiger charge is 2.00. The first-order valence-electron chi connectivity index (χ1n) is 4.93. The second kappa shape index (κ2) is 4.90. The van der Waals surface area contributed by atoms with Gasteiger partial charge in [-0.2, -0.15) is 4.91 Å². The van der Waals surface area contributed by atoms with Crippen molar-refractivity contribution in [1.82, 2.24) is 0 Å². The minimum atomic E-state index is 0.203. The van der Waals surface area contributed by atoms with Crippen LogP contribution in [0.1, 0.15) is 5.56 Å². The maximum atomic E-state index is 10.2. The number of hydrogen-bond acceptors (Lipinski definition) is 2. The molecule has 0 aromatic heterocycles. The van der Waals surface area contributed by atoms with Gasteiger partial charge in [0.2, 0.25) is 0 Å². The average molecular weight is 232 g/mol. The molecule has 3 heteroatoms. The van der Waals surface area contributed by atoms with Crippen molar-refractivity contribution in [3.63, 3.8) is 0 Å². The van der Waals surface area contributed by atoms with Gasteiger partial charge in [0.1, 0.15) is 6.54 Å². The molecule has 16 heavy (non-hydrogen) atoms. The van der Waals surface area contributed by atoms with Crippen LogP contribution < -0.4 is 0 Å².